The zero-order chi connectivity index (χ0) is 11.5. The minimum Gasteiger partial charge on any atom is -0.391 e. The number of hydrogen-bond acceptors (Lipinski definition) is 2. The smallest absolute Gasteiger partial charge is 0.124 e. The van der Waals surface area contributed by atoms with Gasteiger partial charge >= 0.3 is 0 Å². The molecular weight excluding hydrogens is 229 g/mol. The summed E-state index contributed by atoms with van der Waals surface area (Å²) in [6.07, 6.45) is 3.57. The average molecular weight is 244 g/mol. The lowest BCUT2D eigenvalue weighted by Gasteiger charge is -2.29. The summed E-state index contributed by atoms with van der Waals surface area (Å²) in [5, 5.41) is 13.3. The molecule has 16 heavy (non-hydrogen) atoms. The molecule has 1 aliphatic carbocycles. The number of anilines is 1. The van der Waals surface area contributed by atoms with Crippen LogP contribution in [0.1, 0.15) is 25.7 Å². The van der Waals surface area contributed by atoms with Crippen LogP contribution >= 0.6 is 11.6 Å². The summed E-state index contributed by atoms with van der Waals surface area (Å²) in [4.78, 5) is 0. The van der Waals surface area contributed by atoms with Crippen LogP contribution in [0.2, 0.25) is 5.02 Å². The summed E-state index contributed by atoms with van der Waals surface area (Å²) in [5.41, 5.74) is 0.689. The Morgan fingerprint density at radius 1 is 1.31 bits per heavy atom. The Labute approximate surface area is 99.4 Å². The van der Waals surface area contributed by atoms with E-state index in [0.717, 1.165) is 25.7 Å². The highest BCUT2D eigenvalue weighted by Crippen LogP contribution is 2.27. The molecule has 0 heterocycles. The normalized spacial score (nSPS) is 25.4. The zero-order valence-corrected chi connectivity index (χ0v) is 9.67. The Kier molecular flexibility index (Phi) is 3.66. The first-order valence-corrected chi connectivity index (χ1v) is 5.94. The van der Waals surface area contributed by atoms with E-state index >= 15 is 0 Å². The van der Waals surface area contributed by atoms with Crippen molar-refractivity contribution >= 4 is 17.3 Å². The molecule has 1 aromatic rings. The predicted molar refractivity (Wildman–Crippen MR) is 63.3 cm³/mol. The number of aliphatic hydroxyl groups excluding tert-OH is 1. The van der Waals surface area contributed by atoms with E-state index in [1.165, 1.54) is 12.1 Å². The molecule has 0 spiro atoms. The Bertz CT molecular complexity index is 372. The van der Waals surface area contributed by atoms with Crippen LogP contribution in [0, 0.1) is 5.82 Å². The van der Waals surface area contributed by atoms with Gasteiger partial charge in [0.1, 0.15) is 5.82 Å². The molecule has 2 atom stereocenters. The lowest BCUT2D eigenvalue weighted by molar-refractivity contribution is 0.116. The first kappa shape index (κ1) is 11.7. The topological polar surface area (TPSA) is 32.3 Å². The van der Waals surface area contributed by atoms with Gasteiger partial charge in [-0.05, 0) is 31.0 Å². The molecule has 2 N–H and O–H groups in total. The highest BCUT2D eigenvalue weighted by Gasteiger charge is 2.23. The molecule has 0 unspecified atom stereocenters. The molecule has 0 radical (unpaired) electrons. The number of aliphatic hydroxyl groups is 1. The first-order chi connectivity index (χ1) is 7.66. The van der Waals surface area contributed by atoms with Gasteiger partial charge < -0.3 is 10.4 Å². The standard InChI is InChI=1S/C12H15ClFNO/c13-9-7-8(14)5-6-10(9)15-11-3-1-2-4-12(11)16/h5-7,11-12,15-16H,1-4H2/t11-,12-/m1/s1. The fourth-order valence-corrected chi connectivity index (χ4v) is 2.31. The monoisotopic (exact) mass is 243 g/mol. The van der Waals surface area contributed by atoms with Gasteiger partial charge in [-0.1, -0.05) is 24.4 Å². The third kappa shape index (κ3) is 2.66. The van der Waals surface area contributed by atoms with Crippen LogP contribution in [0.4, 0.5) is 10.1 Å². The van der Waals surface area contributed by atoms with E-state index in [2.05, 4.69) is 5.32 Å². The quantitative estimate of drug-likeness (QED) is 0.836. The highest BCUT2D eigenvalue weighted by atomic mass is 35.5. The molecule has 2 nitrogen and oxygen atoms in total. The van der Waals surface area contributed by atoms with Crippen molar-refractivity contribution in [1.29, 1.82) is 0 Å². The van der Waals surface area contributed by atoms with Crippen molar-refractivity contribution in [3.05, 3.63) is 29.0 Å². The number of hydrogen-bond donors (Lipinski definition) is 2. The second-order valence-electron chi connectivity index (χ2n) is 4.23. The maximum Gasteiger partial charge on any atom is 0.124 e. The van der Waals surface area contributed by atoms with Crippen LogP contribution < -0.4 is 5.32 Å². The van der Waals surface area contributed by atoms with Gasteiger partial charge in [0.25, 0.3) is 0 Å². The minimum atomic E-state index is -0.347. The van der Waals surface area contributed by atoms with Gasteiger partial charge in [0.05, 0.1) is 22.9 Å². The van der Waals surface area contributed by atoms with Crippen LogP contribution in [0.5, 0.6) is 0 Å². The Balaban J connectivity index is 2.07. The molecule has 1 aliphatic rings. The van der Waals surface area contributed by atoms with Gasteiger partial charge in [0.2, 0.25) is 0 Å². The van der Waals surface area contributed by atoms with Gasteiger partial charge in [0.15, 0.2) is 0 Å². The number of nitrogens with one attached hydrogen (secondary N) is 1. The molecule has 88 valence electrons. The van der Waals surface area contributed by atoms with Crippen molar-refractivity contribution in [1.82, 2.24) is 0 Å². The zero-order valence-electron chi connectivity index (χ0n) is 8.92. The molecule has 0 aliphatic heterocycles. The molecule has 1 fully saturated rings. The van der Waals surface area contributed by atoms with Crippen LogP contribution in [0.3, 0.4) is 0 Å². The largest absolute Gasteiger partial charge is 0.391 e. The van der Waals surface area contributed by atoms with E-state index in [1.54, 1.807) is 6.07 Å². The minimum absolute atomic E-state index is 0.0247. The Morgan fingerprint density at radius 2 is 2.06 bits per heavy atom. The third-order valence-electron chi connectivity index (χ3n) is 3.00. The van der Waals surface area contributed by atoms with Crippen molar-refractivity contribution in [3.63, 3.8) is 0 Å². The van der Waals surface area contributed by atoms with E-state index in [9.17, 15) is 9.50 Å². The molecule has 0 saturated heterocycles. The number of benzene rings is 1. The van der Waals surface area contributed by atoms with Gasteiger partial charge in [-0.25, -0.2) is 4.39 Å². The second-order valence-corrected chi connectivity index (χ2v) is 4.63. The van der Waals surface area contributed by atoms with Crippen molar-refractivity contribution in [2.75, 3.05) is 5.32 Å². The second kappa shape index (κ2) is 5.02. The SMILES string of the molecule is O[C@@H]1CCCC[C@H]1Nc1ccc(F)cc1Cl. The predicted octanol–water partition coefficient (Wildman–Crippen LogP) is 3.19. The molecule has 2 rings (SSSR count). The van der Waals surface area contributed by atoms with E-state index in [4.69, 9.17) is 11.6 Å². The van der Waals surface area contributed by atoms with Gasteiger partial charge in [0, 0.05) is 0 Å². The summed E-state index contributed by atoms with van der Waals surface area (Å²) >= 11 is 5.91. The molecule has 1 aromatic carbocycles. The fourth-order valence-electron chi connectivity index (χ4n) is 2.09. The lowest BCUT2D eigenvalue weighted by Crippen LogP contribution is -2.36. The summed E-state index contributed by atoms with van der Waals surface area (Å²) in [5.74, 6) is -0.347. The van der Waals surface area contributed by atoms with Crippen LogP contribution in [0.25, 0.3) is 0 Å². The lowest BCUT2D eigenvalue weighted by atomic mass is 9.92. The molecule has 0 amide bonds. The molecule has 4 heteroatoms. The summed E-state index contributed by atoms with van der Waals surface area (Å²) in [7, 11) is 0. The maximum absolute atomic E-state index is 12.8. The van der Waals surface area contributed by atoms with E-state index in [0.29, 0.717) is 10.7 Å². The van der Waals surface area contributed by atoms with Gasteiger partial charge in [-0.3, -0.25) is 0 Å². The van der Waals surface area contributed by atoms with Crippen molar-refractivity contribution in [2.24, 2.45) is 0 Å². The number of halogens is 2. The van der Waals surface area contributed by atoms with Gasteiger partial charge in [-0.2, -0.15) is 0 Å². The Morgan fingerprint density at radius 3 is 2.75 bits per heavy atom. The van der Waals surface area contributed by atoms with E-state index in [1.807, 2.05) is 0 Å². The highest BCUT2D eigenvalue weighted by molar-refractivity contribution is 6.33. The third-order valence-corrected chi connectivity index (χ3v) is 3.31. The maximum atomic E-state index is 12.8. The Hall–Kier alpha value is -0.800. The van der Waals surface area contributed by atoms with E-state index < -0.39 is 0 Å². The summed E-state index contributed by atoms with van der Waals surface area (Å²) < 4.78 is 12.8. The van der Waals surface area contributed by atoms with Crippen LogP contribution in [-0.4, -0.2) is 17.3 Å². The number of rotatable bonds is 2. The summed E-state index contributed by atoms with van der Waals surface area (Å²) in [6.45, 7) is 0. The van der Waals surface area contributed by atoms with Gasteiger partial charge in [-0.15, -0.1) is 0 Å². The first-order valence-electron chi connectivity index (χ1n) is 5.56. The molecule has 0 aromatic heterocycles. The van der Waals surface area contributed by atoms with E-state index in [-0.39, 0.29) is 18.0 Å². The molecule has 1 saturated carbocycles. The van der Waals surface area contributed by atoms with Crippen molar-refractivity contribution in [2.45, 2.75) is 37.8 Å². The van der Waals surface area contributed by atoms with Crippen LogP contribution in [0.15, 0.2) is 18.2 Å². The van der Waals surface area contributed by atoms with Crippen molar-refractivity contribution < 1.29 is 9.50 Å². The fraction of sp³-hybridized carbons (Fsp3) is 0.500. The average Bonchev–Trinajstić information content (AvgIpc) is 2.25. The molecule has 0 bridgehead atoms. The summed E-state index contributed by atoms with van der Waals surface area (Å²) in [6, 6.07) is 4.28. The van der Waals surface area contributed by atoms with Crippen molar-refractivity contribution in [3.8, 4) is 0 Å². The van der Waals surface area contributed by atoms with Crippen LogP contribution in [-0.2, 0) is 0 Å². The molecular formula is C12H15ClFNO.